The highest BCUT2D eigenvalue weighted by atomic mass is 16.6. The molecule has 0 fully saturated rings. The largest absolute Gasteiger partial charge is 0.469 e. The van der Waals surface area contributed by atoms with Crippen molar-refractivity contribution in [1.29, 1.82) is 0 Å². The normalized spacial score (nSPS) is 11.0. The zero-order chi connectivity index (χ0) is 24.0. The minimum absolute atomic E-state index is 0.166. The van der Waals surface area contributed by atoms with Gasteiger partial charge < -0.3 is 19.1 Å². The smallest absolute Gasteiger partial charge is 0.410 e. The lowest BCUT2D eigenvalue weighted by atomic mass is 10.1. The van der Waals surface area contributed by atoms with Gasteiger partial charge in [0.25, 0.3) is 0 Å². The summed E-state index contributed by atoms with van der Waals surface area (Å²) in [6.07, 6.45) is 6.49. The quantitative estimate of drug-likeness (QED) is 0.235. The Bertz CT molecular complexity index is 708. The number of ether oxygens (including phenoxy) is 3. The summed E-state index contributed by atoms with van der Waals surface area (Å²) in [5.41, 5.74) is 1.10. The molecule has 0 aromatic heterocycles. The van der Waals surface area contributed by atoms with E-state index in [9.17, 15) is 14.4 Å². The van der Waals surface area contributed by atoms with E-state index in [1.807, 2.05) is 32.9 Å². The van der Waals surface area contributed by atoms with E-state index in [0.717, 1.165) is 50.5 Å². The molecule has 0 saturated carbocycles. The summed E-state index contributed by atoms with van der Waals surface area (Å²) in [4.78, 5) is 37.1. The lowest BCUT2D eigenvalue weighted by Gasteiger charge is -2.27. The molecule has 0 unspecified atom stereocenters. The molecule has 0 radical (unpaired) electrons. The molecule has 32 heavy (non-hydrogen) atoms. The van der Waals surface area contributed by atoms with Crippen LogP contribution in [0.3, 0.4) is 0 Å². The molecule has 7 nitrogen and oxygen atoms in total. The van der Waals surface area contributed by atoms with Crippen LogP contribution in [-0.4, -0.2) is 55.8 Å². The summed E-state index contributed by atoms with van der Waals surface area (Å²) in [5.74, 6) is -0.515. The minimum Gasteiger partial charge on any atom is -0.469 e. The van der Waals surface area contributed by atoms with Gasteiger partial charge in [0.05, 0.1) is 19.8 Å². The molecule has 1 amide bonds. The number of methoxy groups -OCH3 is 2. The van der Waals surface area contributed by atoms with Gasteiger partial charge in [-0.05, 0) is 64.2 Å². The predicted molar refractivity (Wildman–Crippen MR) is 124 cm³/mol. The van der Waals surface area contributed by atoms with Crippen molar-refractivity contribution in [3.8, 4) is 0 Å². The summed E-state index contributed by atoms with van der Waals surface area (Å²) < 4.78 is 14.9. The van der Waals surface area contributed by atoms with Crippen molar-refractivity contribution >= 4 is 18.0 Å². The van der Waals surface area contributed by atoms with E-state index < -0.39 is 5.60 Å². The number of nitrogens with zero attached hydrogens (tertiary/aromatic N) is 1. The second-order valence-corrected chi connectivity index (χ2v) is 8.85. The molecule has 180 valence electrons. The molecule has 1 aromatic rings. The SMILES string of the molecule is COC(=O)CCCCCCCN(CCCc1ccc(C(=O)OC)cc1)C(=O)OC(C)(C)C. The van der Waals surface area contributed by atoms with Crippen molar-refractivity contribution in [2.45, 2.75) is 77.7 Å². The first-order valence-corrected chi connectivity index (χ1v) is 11.4. The number of hydrogen-bond acceptors (Lipinski definition) is 6. The average molecular weight is 450 g/mol. The van der Waals surface area contributed by atoms with Crippen molar-refractivity contribution in [1.82, 2.24) is 4.90 Å². The van der Waals surface area contributed by atoms with Crippen LogP contribution in [0.15, 0.2) is 24.3 Å². The summed E-state index contributed by atoms with van der Waals surface area (Å²) in [6.45, 7) is 6.86. The predicted octanol–water partition coefficient (Wildman–Crippen LogP) is 5.16. The Hall–Kier alpha value is -2.57. The van der Waals surface area contributed by atoms with Gasteiger partial charge in [0.2, 0.25) is 0 Å². The highest BCUT2D eigenvalue weighted by molar-refractivity contribution is 5.89. The molecule has 0 bridgehead atoms. The Labute approximate surface area is 192 Å². The van der Waals surface area contributed by atoms with Crippen molar-refractivity contribution < 1.29 is 28.6 Å². The first-order chi connectivity index (χ1) is 15.2. The standard InChI is InChI=1S/C25H39NO6/c1-25(2,3)32-24(29)26(18-10-8-6-7-9-13-22(27)30-4)19-11-12-20-14-16-21(17-15-20)23(28)31-5/h14-17H,6-13,18-19H2,1-5H3. The van der Waals surface area contributed by atoms with E-state index in [0.29, 0.717) is 25.1 Å². The van der Waals surface area contributed by atoms with Gasteiger partial charge >= 0.3 is 18.0 Å². The van der Waals surface area contributed by atoms with Crippen LogP contribution >= 0.6 is 0 Å². The fourth-order valence-corrected chi connectivity index (χ4v) is 3.22. The van der Waals surface area contributed by atoms with Crippen LogP contribution in [0.2, 0.25) is 0 Å². The van der Waals surface area contributed by atoms with Gasteiger partial charge in [0.1, 0.15) is 5.60 Å². The highest BCUT2D eigenvalue weighted by Gasteiger charge is 2.21. The third kappa shape index (κ3) is 11.7. The molecule has 0 saturated heterocycles. The molecule has 0 aliphatic heterocycles. The Morgan fingerprint density at radius 1 is 0.812 bits per heavy atom. The number of esters is 2. The second-order valence-electron chi connectivity index (χ2n) is 8.85. The maximum Gasteiger partial charge on any atom is 0.410 e. The number of amides is 1. The summed E-state index contributed by atoms with van der Waals surface area (Å²) in [7, 11) is 2.77. The minimum atomic E-state index is -0.535. The van der Waals surface area contributed by atoms with Crippen LogP contribution in [-0.2, 0) is 25.4 Å². The fourth-order valence-electron chi connectivity index (χ4n) is 3.22. The molecule has 0 N–H and O–H groups in total. The number of aryl methyl sites for hydroxylation is 1. The van der Waals surface area contributed by atoms with Gasteiger partial charge in [-0.25, -0.2) is 9.59 Å². The molecule has 1 aromatic carbocycles. The first-order valence-electron chi connectivity index (χ1n) is 11.4. The van der Waals surface area contributed by atoms with E-state index in [2.05, 4.69) is 4.74 Å². The van der Waals surface area contributed by atoms with Crippen LogP contribution in [0, 0.1) is 0 Å². The summed E-state index contributed by atoms with van der Waals surface area (Å²) in [5, 5.41) is 0. The van der Waals surface area contributed by atoms with Crippen molar-refractivity contribution in [3.63, 3.8) is 0 Å². The molecule has 0 aliphatic rings. The Balaban J connectivity index is 2.47. The zero-order valence-electron chi connectivity index (χ0n) is 20.3. The Morgan fingerprint density at radius 2 is 1.41 bits per heavy atom. The van der Waals surface area contributed by atoms with Crippen LogP contribution < -0.4 is 0 Å². The van der Waals surface area contributed by atoms with Gasteiger partial charge in [0, 0.05) is 19.5 Å². The maximum absolute atomic E-state index is 12.6. The summed E-state index contributed by atoms with van der Waals surface area (Å²) in [6, 6.07) is 7.34. The molecule has 1 rings (SSSR count). The average Bonchev–Trinajstić information content (AvgIpc) is 2.75. The van der Waals surface area contributed by atoms with Crippen molar-refractivity contribution in [2.24, 2.45) is 0 Å². The number of benzene rings is 1. The fraction of sp³-hybridized carbons (Fsp3) is 0.640. The first kappa shape index (κ1) is 27.5. The molecular weight excluding hydrogens is 410 g/mol. The van der Waals surface area contributed by atoms with Crippen LogP contribution in [0.4, 0.5) is 4.79 Å². The monoisotopic (exact) mass is 449 g/mol. The van der Waals surface area contributed by atoms with Crippen molar-refractivity contribution in [2.75, 3.05) is 27.3 Å². The van der Waals surface area contributed by atoms with Crippen molar-refractivity contribution in [3.05, 3.63) is 35.4 Å². The third-order valence-corrected chi connectivity index (χ3v) is 4.96. The molecule has 0 heterocycles. The molecule has 0 aliphatic carbocycles. The van der Waals surface area contributed by atoms with E-state index in [-0.39, 0.29) is 18.0 Å². The van der Waals surface area contributed by atoms with Crippen LogP contribution in [0.25, 0.3) is 0 Å². The maximum atomic E-state index is 12.6. The number of carbonyl (C=O) groups is 3. The molecule has 7 heteroatoms. The van der Waals surface area contributed by atoms with Gasteiger partial charge in [-0.2, -0.15) is 0 Å². The second kappa shape index (κ2) is 14.5. The molecule has 0 atom stereocenters. The zero-order valence-corrected chi connectivity index (χ0v) is 20.3. The van der Waals surface area contributed by atoms with E-state index in [4.69, 9.17) is 9.47 Å². The lowest BCUT2D eigenvalue weighted by Crippen LogP contribution is -2.38. The van der Waals surface area contributed by atoms with Crippen LogP contribution in [0.1, 0.15) is 81.6 Å². The van der Waals surface area contributed by atoms with E-state index in [1.165, 1.54) is 14.2 Å². The topological polar surface area (TPSA) is 82.1 Å². The number of rotatable bonds is 13. The molecule has 0 spiro atoms. The third-order valence-electron chi connectivity index (χ3n) is 4.96. The number of unbranched alkanes of at least 4 members (excludes halogenated alkanes) is 4. The summed E-state index contributed by atoms with van der Waals surface area (Å²) >= 11 is 0. The lowest BCUT2D eigenvalue weighted by molar-refractivity contribution is -0.140. The van der Waals surface area contributed by atoms with Crippen LogP contribution in [0.5, 0.6) is 0 Å². The Morgan fingerprint density at radius 3 is 2.00 bits per heavy atom. The number of hydrogen-bond donors (Lipinski definition) is 0. The van der Waals surface area contributed by atoms with E-state index in [1.54, 1.807) is 17.0 Å². The highest BCUT2D eigenvalue weighted by Crippen LogP contribution is 2.14. The Kier molecular flexibility index (Phi) is 12.4. The molecular formula is C25H39NO6. The van der Waals surface area contributed by atoms with Gasteiger partial charge in [-0.1, -0.05) is 31.4 Å². The van der Waals surface area contributed by atoms with Gasteiger partial charge in [0.15, 0.2) is 0 Å². The number of carbonyl (C=O) groups excluding carboxylic acids is 3. The van der Waals surface area contributed by atoms with Gasteiger partial charge in [-0.3, -0.25) is 4.79 Å². The van der Waals surface area contributed by atoms with Gasteiger partial charge in [-0.15, -0.1) is 0 Å². The van der Waals surface area contributed by atoms with E-state index >= 15 is 0 Å².